The number of anilines is 1. The zero-order valence-corrected chi connectivity index (χ0v) is 12.4. The number of nitriles is 1. The van der Waals surface area contributed by atoms with Gasteiger partial charge in [0.25, 0.3) is 0 Å². The van der Waals surface area contributed by atoms with Gasteiger partial charge >= 0.3 is 0 Å². The lowest BCUT2D eigenvalue weighted by atomic mass is 10.4. The molecule has 0 unspecified atom stereocenters. The van der Waals surface area contributed by atoms with Crippen molar-refractivity contribution in [2.45, 2.75) is 6.54 Å². The lowest BCUT2D eigenvalue weighted by Gasteiger charge is -2.01. The highest BCUT2D eigenvalue weighted by Crippen LogP contribution is 2.24. The zero-order chi connectivity index (χ0) is 16.0. The van der Waals surface area contributed by atoms with Crippen LogP contribution in [0, 0.1) is 11.3 Å². The van der Waals surface area contributed by atoms with E-state index in [1.165, 1.54) is 4.52 Å². The SMILES string of the molecule is N#Cc1ccc(-c2nc3c4cnn(CCCl)c4nc(N)n3n2)o1. The summed E-state index contributed by atoms with van der Waals surface area (Å²) in [7, 11) is 0. The van der Waals surface area contributed by atoms with E-state index in [2.05, 4.69) is 20.2 Å². The van der Waals surface area contributed by atoms with Gasteiger partial charge in [0.1, 0.15) is 6.07 Å². The first kappa shape index (κ1) is 13.5. The van der Waals surface area contributed by atoms with Crippen LogP contribution in [0.25, 0.3) is 28.3 Å². The lowest BCUT2D eigenvalue weighted by molar-refractivity contribution is 0.562. The maximum atomic E-state index is 8.83. The molecular formula is C13H9ClN8O. The Morgan fingerprint density at radius 2 is 2.17 bits per heavy atom. The molecule has 0 saturated heterocycles. The highest BCUT2D eigenvalue weighted by Gasteiger charge is 2.17. The van der Waals surface area contributed by atoms with Crippen molar-refractivity contribution in [1.29, 1.82) is 5.26 Å². The molecule has 2 N–H and O–H groups in total. The monoisotopic (exact) mass is 328 g/mol. The number of nitrogens with zero attached hydrogens (tertiary/aromatic N) is 7. The molecule has 0 aliphatic rings. The summed E-state index contributed by atoms with van der Waals surface area (Å²) >= 11 is 5.76. The van der Waals surface area contributed by atoms with Crippen LogP contribution in [0.3, 0.4) is 0 Å². The number of hydrogen-bond donors (Lipinski definition) is 1. The van der Waals surface area contributed by atoms with Crippen LogP contribution >= 0.6 is 11.6 Å². The molecule has 4 aromatic heterocycles. The Bertz CT molecular complexity index is 1070. The first-order valence-electron chi connectivity index (χ1n) is 6.65. The van der Waals surface area contributed by atoms with E-state index in [-0.39, 0.29) is 11.7 Å². The minimum absolute atomic E-state index is 0.176. The van der Waals surface area contributed by atoms with E-state index in [4.69, 9.17) is 27.0 Å². The minimum atomic E-state index is 0.176. The fourth-order valence-electron chi connectivity index (χ4n) is 2.32. The van der Waals surface area contributed by atoms with Gasteiger partial charge in [0.05, 0.1) is 18.1 Å². The molecule has 0 aliphatic carbocycles. The van der Waals surface area contributed by atoms with Crippen molar-refractivity contribution in [2.24, 2.45) is 0 Å². The first-order valence-corrected chi connectivity index (χ1v) is 7.18. The number of nitrogens with two attached hydrogens (primary N) is 1. The van der Waals surface area contributed by atoms with E-state index in [1.807, 2.05) is 6.07 Å². The number of rotatable bonds is 3. The minimum Gasteiger partial charge on any atom is -0.442 e. The second-order valence-corrected chi connectivity index (χ2v) is 5.09. The Labute approximate surface area is 133 Å². The van der Waals surface area contributed by atoms with Gasteiger partial charge in [0, 0.05) is 5.88 Å². The van der Waals surface area contributed by atoms with Crippen LogP contribution < -0.4 is 5.73 Å². The molecule has 4 aromatic rings. The highest BCUT2D eigenvalue weighted by molar-refractivity contribution is 6.17. The number of furan rings is 1. The number of aromatic nitrogens is 6. The van der Waals surface area contributed by atoms with Crippen molar-refractivity contribution in [3.63, 3.8) is 0 Å². The fourth-order valence-corrected chi connectivity index (χ4v) is 2.48. The molecule has 114 valence electrons. The molecule has 0 aliphatic heterocycles. The van der Waals surface area contributed by atoms with Crippen LogP contribution in [-0.2, 0) is 6.54 Å². The fraction of sp³-hybridized carbons (Fsp3) is 0.154. The third-order valence-electron chi connectivity index (χ3n) is 3.33. The van der Waals surface area contributed by atoms with Gasteiger partial charge in [0.2, 0.25) is 17.5 Å². The maximum absolute atomic E-state index is 8.83. The quantitative estimate of drug-likeness (QED) is 0.564. The van der Waals surface area contributed by atoms with Crippen molar-refractivity contribution in [3.8, 4) is 17.7 Å². The van der Waals surface area contributed by atoms with Gasteiger partial charge in [-0.3, -0.25) is 0 Å². The third-order valence-corrected chi connectivity index (χ3v) is 3.50. The molecule has 0 aromatic carbocycles. The molecule has 0 fully saturated rings. The molecular weight excluding hydrogens is 320 g/mol. The van der Waals surface area contributed by atoms with E-state index in [9.17, 15) is 0 Å². The van der Waals surface area contributed by atoms with Crippen molar-refractivity contribution in [1.82, 2.24) is 29.4 Å². The molecule has 10 heteroatoms. The molecule has 0 radical (unpaired) electrons. The van der Waals surface area contributed by atoms with Crippen molar-refractivity contribution >= 4 is 34.2 Å². The Hall–Kier alpha value is -3.12. The van der Waals surface area contributed by atoms with Crippen LogP contribution in [0.4, 0.5) is 5.95 Å². The van der Waals surface area contributed by atoms with Crippen LogP contribution in [0.5, 0.6) is 0 Å². The van der Waals surface area contributed by atoms with Crippen LogP contribution in [0.1, 0.15) is 5.76 Å². The van der Waals surface area contributed by atoms with Crippen molar-refractivity contribution < 1.29 is 4.42 Å². The Morgan fingerprint density at radius 3 is 2.91 bits per heavy atom. The smallest absolute Gasteiger partial charge is 0.225 e. The zero-order valence-electron chi connectivity index (χ0n) is 11.6. The van der Waals surface area contributed by atoms with E-state index in [0.29, 0.717) is 40.7 Å². The maximum Gasteiger partial charge on any atom is 0.225 e. The Morgan fingerprint density at radius 1 is 1.30 bits per heavy atom. The number of nitrogen functional groups attached to an aromatic ring is 1. The van der Waals surface area contributed by atoms with Gasteiger partial charge in [-0.05, 0) is 12.1 Å². The topological polar surface area (TPSA) is 124 Å². The number of halogens is 1. The van der Waals surface area contributed by atoms with Gasteiger partial charge in [0.15, 0.2) is 17.1 Å². The molecule has 4 heterocycles. The highest BCUT2D eigenvalue weighted by atomic mass is 35.5. The summed E-state index contributed by atoms with van der Waals surface area (Å²) < 4.78 is 8.42. The summed E-state index contributed by atoms with van der Waals surface area (Å²) in [5, 5.41) is 18.1. The van der Waals surface area contributed by atoms with E-state index >= 15 is 0 Å². The first-order chi connectivity index (χ1) is 11.2. The molecule has 23 heavy (non-hydrogen) atoms. The number of aryl methyl sites for hydroxylation is 1. The lowest BCUT2D eigenvalue weighted by Crippen LogP contribution is -2.06. The molecule has 9 nitrogen and oxygen atoms in total. The van der Waals surface area contributed by atoms with E-state index in [1.54, 1.807) is 23.0 Å². The van der Waals surface area contributed by atoms with Gasteiger partial charge < -0.3 is 10.2 Å². The average molecular weight is 329 g/mol. The van der Waals surface area contributed by atoms with E-state index in [0.717, 1.165) is 0 Å². The second-order valence-electron chi connectivity index (χ2n) is 4.71. The summed E-state index contributed by atoms with van der Waals surface area (Å²) in [5.41, 5.74) is 7.06. The van der Waals surface area contributed by atoms with Gasteiger partial charge in [-0.25, -0.2) is 9.67 Å². The molecule has 0 saturated carbocycles. The molecule has 0 spiro atoms. The largest absolute Gasteiger partial charge is 0.442 e. The summed E-state index contributed by atoms with van der Waals surface area (Å²) in [6.45, 7) is 0.512. The van der Waals surface area contributed by atoms with Crippen molar-refractivity contribution in [2.75, 3.05) is 11.6 Å². The summed E-state index contributed by atoms with van der Waals surface area (Å²) in [5.74, 6) is 1.47. The van der Waals surface area contributed by atoms with Crippen molar-refractivity contribution in [3.05, 3.63) is 24.1 Å². The van der Waals surface area contributed by atoms with Gasteiger partial charge in [-0.2, -0.15) is 19.9 Å². The summed E-state index contributed by atoms with van der Waals surface area (Å²) in [6.07, 6.45) is 1.64. The van der Waals surface area contributed by atoms with E-state index < -0.39 is 0 Å². The third kappa shape index (κ3) is 2.00. The summed E-state index contributed by atoms with van der Waals surface area (Å²) in [4.78, 5) is 8.74. The predicted molar refractivity (Wildman–Crippen MR) is 81.6 cm³/mol. The number of hydrogen-bond acceptors (Lipinski definition) is 7. The summed E-state index contributed by atoms with van der Waals surface area (Å²) in [6, 6.07) is 5.10. The Balaban J connectivity index is 1.95. The standard InChI is InChI=1S/C13H9ClN8O/c14-3-4-21-11-8(6-17-21)12-18-10(20-22(12)13(16)19-11)9-2-1-7(5-15)23-9/h1-2,6H,3-4H2,(H2,16,19). The normalized spacial score (nSPS) is 11.3. The average Bonchev–Trinajstić information content (AvgIpc) is 3.24. The van der Waals surface area contributed by atoms with Gasteiger partial charge in [-0.1, -0.05) is 0 Å². The van der Waals surface area contributed by atoms with Crippen LogP contribution in [0.15, 0.2) is 22.7 Å². The molecule has 4 rings (SSSR count). The molecule has 0 amide bonds. The number of alkyl halides is 1. The predicted octanol–water partition coefficient (Wildman–Crippen LogP) is 1.43. The number of fused-ring (bicyclic) bond motifs is 3. The Kier molecular flexibility index (Phi) is 2.92. The molecule has 0 atom stereocenters. The second kappa shape index (κ2) is 4.96. The molecule has 0 bridgehead atoms. The van der Waals surface area contributed by atoms with Gasteiger partial charge in [-0.15, -0.1) is 16.7 Å². The van der Waals surface area contributed by atoms with Crippen LogP contribution in [0.2, 0.25) is 0 Å². The van der Waals surface area contributed by atoms with Crippen LogP contribution in [-0.4, -0.2) is 35.2 Å².